The van der Waals surface area contributed by atoms with Crippen LogP contribution in [0, 0.1) is 23.7 Å². The summed E-state index contributed by atoms with van der Waals surface area (Å²) in [5, 5.41) is 2.17. The minimum Gasteiger partial charge on any atom is -0.274 e. The van der Waals surface area contributed by atoms with Gasteiger partial charge in [-0.25, -0.2) is 4.90 Å². The fourth-order valence-electron chi connectivity index (χ4n) is 4.47. The summed E-state index contributed by atoms with van der Waals surface area (Å²) in [7, 11) is 0. The molecule has 2 bridgehead atoms. The summed E-state index contributed by atoms with van der Waals surface area (Å²) in [5.41, 5.74) is 0.711. The predicted molar refractivity (Wildman–Crippen MR) is 84.2 cm³/mol. The molecule has 2 aromatic carbocycles. The Morgan fingerprint density at radius 2 is 1.45 bits per heavy atom. The molecule has 2 amide bonds. The molecule has 0 spiro atoms. The molecule has 1 saturated heterocycles. The maximum Gasteiger partial charge on any atom is 0.238 e. The normalized spacial score (nSPS) is 32.3. The second-order valence-electron chi connectivity index (χ2n) is 6.54. The van der Waals surface area contributed by atoms with Crippen molar-refractivity contribution in [3.63, 3.8) is 0 Å². The standard InChI is InChI=1S/C19H15NO2/c21-18-16-13-5-6-14(9-13)17(16)19(22)20(18)15-8-7-11-3-1-2-4-12(11)10-15/h1-8,10,13-14,16-17H,9H2/t13?,14?,16-,17+. The zero-order chi connectivity index (χ0) is 14.8. The van der Waals surface area contributed by atoms with Crippen LogP contribution in [-0.4, -0.2) is 11.8 Å². The van der Waals surface area contributed by atoms with Gasteiger partial charge in [0.25, 0.3) is 0 Å². The van der Waals surface area contributed by atoms with E-state index in [4.69, 9.17) is 0 Å². The Labute approximate surface area is 128 Å². The van der Waals surface area contributed by atoms with Crippen molar-refractivity contribution in [1.29, 1.82) is 0 Å². The highest BCUT2D eigenvalue weighted by Gasteiger charge is 2.59. The number of carbonyl (C=O) groups excluding carboxylic acids is 2. The van der Waals surface area contributed by atoms with Gasteiger partial charge >= 0.3 is 0 Å². The van der Waals surface area contributed by atoms with Crippen LogP contribution in [0.1, 0.15) is 6.42 Å². The van der Waals surface area contributed by atoms with Gasteiger partial charge in [0.15, 0.2) is 0 Å². The average molecular weight is 289 g/mol. The predicted octanol–water partition coefficient (Wildman–Crippen LogP) is 3.15. The topological polar surface area (TPSA) is 37.4 Å². The van der Waals surface area contributed by atoms with E-state index >= 15 is 0 Å². The third kappa shape index (κ3) is 1.41. The van der Waals surface area contributed by atoms with E-state index in [1.54, 1.807) is 0 Å². The fraction of sp³-hybridized carbons (Fsp3) is 0.263. The Hall–Kier alpha value is -2.42. The van der Waals surface area contributed by atoms with E-state index in [0.29, 0.717) is 5.69 Å². The molecule has 2 fully saturated rings. The number of rotatable bonds is 1. The van der Waals surface area contributed by atoms with E-state index in [2.05, 4.69) is 12.2 Å². The molecule has 1 heterocycles. The zero-order valence-corrected chi connectivity index (χ0v) is 12.0. The Bertz CT molecular complexity index is 823. The van der Waals surface area contributed by atoms with Crippen molar-refractivity contribution < 1.29 is 9.59 Å². The Morgan fingerprint density at radius 3 is 2.14 bits per heavy atom. The third-order valence-corrected chi connectivity index (χ3v) is 5.46. The second kappa shape index (κ2) is 4.07. The molecule has 22 heavy (non-hydrogen) atoms. The average Bonchev–Trinajstić information content (AvgIpc) is 3.21. The molecule has 3 nitrogen and oxygen atoms in total. The molecule has 2 aromatic rings. The first-order valence-electron chi connectivity index (χ1n) is 7.79. The first-order chi connectivity index (χ1) is 10.7. The molecule has 0 aromatic heterocycles. The van der Waals surface area contributed by atoms with Gasteiger partial charge in [-0.05, 0) is 41.2 Å². The molecular formula is C19H15NO2. The highest BCUT2D eigenvalue weighted by atomic mass is 16.2. The van der Waals surface area contributed by atoms with Crippen LogP contribution in [0.15, 0.2) is 54.6 Å². The van der Waals surface area contributed by atoms with Gasteiger partial charge in [0.1, 0.15) is 0 Å². The number of allylic oxidation sites excluding steroid dienone is 2. The molecule has 1 aliphatic heterocycles. The van der Waals surface area contributed by atoms with E-state index in [9.17, 15) is 9.59 Å². The number of nitrogens with zero attached hydrogens (tertiary/aromatic N) is 1. The Kier molecular flexibility index (Phi) is 2.25. The van der Waals surface area contributed by atoms with E-state index in [-0.39, 0.29) is 35.5 Å². The second-order valence-corrected chi connectivity index (χ2v) is 6.54. The van der Waals surface area contributed by atoms with E-state index < -0.39 is 0 Å². The lowest BCUT2D eigenvalue weighted by atomic mass is 9.85. The van der Waals surface area contributed by atoms with Gasteiger partial charge in [0, 0.05) is 0 Å². The lowest BCUT2D eigenvalue weighted by Gasteiger charge is -2.17. The number of anilines is 1. The molecule has 0 radical (unpaired) electrons. The summed E-state index contributed by atoms with van der Waals surface area (Å²) in [5.74, 6) is 0.237. The number of carbonyl (C=O) groups is 2. The van der Waals surface area contributed by atoms with Crippen LogP contribution in [0.25, 0.3) is 10.8 Å². The fourth-order valence-corrected chi connectivity index (χ4v) is 4.47. The number of fused-ring (bicyclic) bond motifs is 6. The Morgan fingerprint density at radius 1 is 0.818 bits per heavy atom. The van der Waals surface area contributed by atoms with Crippen LogP contribution < -0.4 is 4.90 Å². The van der Waals surface area contributed by atoms with Gasteiger partial charge < -0.3 is 0 Å². The monoisotopic (exact) mass is 289 g/mol. The maximum absolute atomic E-state index is 12.8. The minimum absolute atomic E-state index is 0.0119. The number of hydrogen-bond donors (Lipinski definition) is 0. The largest absolute Gasteiger partial charge is 0.274 e. The summed E-state index contributed by atoms with van der Waals surface area (Å²) >= 11 is 0. The smallest absolute Gasteiger partial charge is 0.238 e. The van der Waals surface area contributed by atoms with Crippen LogP contribution >= 0.6 is 0 Å². The van der Waals surface area contributed by atoms with Gasteiger partial charge in [0.2, 0.25) is 11.8 Å². The lowest BCUT2D eigenvalue weighted by molar-refractivity contribution is -0.123. The summed E-state index contributed by atoms with van der Waals surface area (Å²) in [6.07, 6.45) is 5.22. The molecule has 2 unspecified atom stereocenters. The molecule has 0 N–H and O–H groups in total. The molecule has 3 heteroatoms. The summed E-state index contributed by atoms with van der Waals surface area (Å²) in [6, 6.07) is 13.8. The van der Waals surface area contributed by atoms with Gasteiger partial charge in [0.05, 0.1) is 17.5 Å². The van der Waals surface area contributed by atoms with Crippen molar-refractivity contribution in [3.05, 3.63) is 54.6 Å². The molecule has 1 saturated carbocycles. The molecular weight excluding hydrogens is 274 g/mol. The van der Waals surface area contributed by atoms with Crippen LogP contribution in [-0.2, 0) is 9.59 Å². The van der Waals surface area contributed by atoms with Crippen molar-refractivity contribution >= 4 is 28.3 Å². The minimum atomic E-state index is -0.131. The molecule has 3 aliphatic rings. The molecule has 2 aliphatic carbocycles. The van der Waals surface area contributed by atoms with Crippen LogP contribution in [0.3, 0.4) is 0 Å². The number of imide groups is 1. The van der Waals surface area contributed by atoms with Gasteiger partial charge in [-0.3, -0.25) is 9.59 Å². The first kappa shape index (κ1) is 12.2. The SMILES string of the molecule is O=C1[C@@H]2C3C=CC(C3)[C@@H]2C(=O)N1c1ccc2ccccc2c1. The Balaban J connectivity index is 1.60. The van der Waals surface area contributed by atoms with Gasteiger partial charge in [-0.15, -0.1) is 0 Å². The van der Waals surface area contributed by atoms with Gasteiger partial charge in [-0.2, -0.15) is 0 Å². The van der Waals surface area contributed by atoms with Crippen molar-refractivity contribution in [1.82, 2.24) is 0 Å². The van der Waals surface area contributed by atoms with Crippen LogP contribution in [0.5, 0.6) is 0 Å². The van der Waals surface area contributed by atoms with E-state index in [1.165, 1.54) is 4.90 Å². The van der Waals surface area contributed by atoms with Crippen molar-refractivity contribution in [2.24, 2.45) is 23.7 Å². The lowest BCUT2D eigenvalue weighted by Crippen LogP contribution is -2.32. The summed E-state index contributed by atoms with van der Waals surface area (Å²) < 4.78 is 0. The third-order valence-electron chi connectivity index (χ3n) is 5.46. The quantitative estimate of drug-likeness (QED) is 0.597. The number of benzene rings is 2. The molecule has 4 atom stereocenters. The number of hydrogen-bond acceptors (Lipinski definition) is 2. The van der Waals surface area contributed by atoms with E-state index in [1.807, 2.05) is 42.5 Å². The zero-order valence-electron chi connectivity index (χ0n) is 12.0. The van der Waals surface area contributed by atoms with Crippen LogP contribution in [0.2, 0.25) is 0 Å². The number of amides is 2. The van der Waals surface area contributed by atoms with Crippen molar-refractivity contribution in [3.8, 4) is 0 Å². The van der Waals surface area contributed by atoms with Crippen molar-refractivity contribution in [2.45, 2.75) is 6.42 Å². The first-order valence-corrected chi connectivity index (χ1v) is 7.79. The summed E-state index contributed by atoms with van der Waals surface area (Å²) in [6.45, 7) is 0. The van der Waals surface area contributed by atoms with Crippen LogP contribution in [0.4, 0.5) is 5.69 Å². The molecule has 5 rings (SSSR count). The van der Waals surface area contributed by atoms with E-state index in [0.717, 1.165) is 17.2 Å². The molecule has 108 valence electrons. The van der Waals surface area contributed by atoms with Crippen molar-refractivity contribution in [2.75, 3.05) is 4.90 Å². The summed E-state index contributed by atoms with van der Waals surface area (Å²) in [4.78, 5) is 27.0. The van der Waals surface area contributed by atoms with Gasteiger partial charge in [-0.1, -0.05) is 42.5 Å². The maximum atomic E-state index is 12.8. The highest BCUT2D eigenvalue weighted by Crippen LogP contribution is 2.53. The highest BCUT2D eigenvalue weighted by molar-refractivity contribution is 6.23.